The summed E-state index contributed by atoms with van der Waals surface area (Å²) >= 11 is 0. The van der Waals surface area contributed by atoms with Crippen molar-refractivity contribution in [2.75, 3.05) is 29.0 Å². The second kappa shape index (κ2) is 8.00. The lowest BCUT2D eigenvalue weighted by Gasteiger charge is -2.20. The van der Waals surface area contributed by atoms with Gasteiger partial charge in [-0.1, -0.05) is 25.5 Å². The number of benzene rings is 2. The SMILES string of the molecule is CCCCS(=O)(=O)N1CCc2ccc(NC(=O)c3cccc(OC)c3)cc21. The molecule has 0 radical (unpaired) electrons. The van der Waals surface area contributed by atoms with Crippen LogP contribution in [0.5, 0.6) is 5.75 Å². The molecule has 144 valence electrons. The van der Waals surface area contributed by atoms with E-state index in [0.29, 0.717) is 42.1 Å². The van der Waals surface area contributed by atoms with Gasteiger partial charge in [-0.2, -0.15) is 0 Å². The Kier molecular flexibility index (Phi) is 5.70. The van der Waals surface area contributed by atoms with Crippen LogP contribution in [0.2, 0.25) is 0 Å². The monoisotopic (exact) mass is 388 g/mol. The number of methoxy groups -OCH3 is 1. The van der Waals surface area contributed by atoms with Gasteiger partial charge in [-0.05, 0) is 48.7 Å². The van der Waals surface area contributed by atoms with E-state index < -0.39 is 10.0 Å². The summed E-state index contributed by atoms with van der Waals surface area (Å²) in [6.45, 7) is 2.42. The van der Waals surface area contributed by atoms with E-state index in [4.69, 9.17) is 4.74 Å². The summed E-state index contributed by atoms with van der Waals surface area (Å²) in [5, 5.41) is 2.84. The third-order valence-electron chi connectivity index (χ3n) is 4.62. The van der Waals surface area contributed by atoms with Crippen molar-refractivity contribution in [2.24, 2.45) is 0 Å². The molecule has 6 nitrogen and oxygen atoms in total. The summed E-state index contributed by atoms with van der Waals surface area (Å²) < 4.78 is 31.8. The molecule has 27 heavy (non-hydrogen) atoms. The lowest BCUT2D eigenvalue weighted by Crippen LogP contribution is -2.31. The number of nitrogens with one attached hydrogen (secondary N) is 1. The molecular formula is C20H24N2O4S. The number of carbonyl (C=O) groups is 1. The first-order valence-electron chi connectivity index (χ1n) is 9.03. The van der Waals surface area contributed by atoms with Gasteiger partial charge in [-0.15, -0.1) is 0 Å². The van der Waals surface area contributed by atoms with Gasteiger partial charge in [0.05, 0.1) is 18.6 Å². The number of hydrogen-bond acceptors (Lipinski definition) is 4. The van der Waals surface area contributed by atoms with Crippen LogP contribution in [0.4, 0.5) is 11.4 Å². The molecule has 2 aromatic rings. The van der Waals surface area contributed by atoms with E-state index in [1.165, 1.54) is 4.31 Å². The van der Waals surface area contributed by atoms with Gasteiger partial charge in [0.1, 0.15) is 5.75 Å². The number of carbonyl (C=O) groups excluding carboxylic acids is 1. The van der Waals surface area contributed by atoms with Gasteiger partial charge in [-0.3, -0.25) is 9.10 Å². The number of amides is 1. The summed E-state index contributed by atoms with van der Waals surface area (Å²) in [6, 6.07) is 12.3. The van der Waals surface area contributed by atoms with Crippen LogP contribution in [0.1, 0.15) is 35.7 Å². The second-order valence-electron chi connectivity index (χ2n) is 6.52. The maximum Gasteiger partial charge on any atom is 0.255 e. The first-order chi connectivity index (χ1) is 12.9. The molecule has 1 heterocycles. The van der Waals surface area contributed by atoms with Gasteiger partial charge in [0.15, 0.2) is 0 Å². The summed E-state index contributed by atoms with van der Waals surface area (Å²) in [7, 11) is -1.79. The average Bonchev–Trinajstić information content (AvgIpc) is 3.10. The molecule has 1 aliphatic rings. The van der Waals surface area contributed by atoms with Crippen molar-refractivity contribution in [2.45, 2.75) is 26.2 Å². The fourth-order valence-corrected chi connectivity index (χ4v) is 4.83. The quantitative estimate of drug-likeness (QED) is 0.788. The molecule has 0 bridgehead atoms. The number of unbranched alkanes of at least 4 members (excludes halogenated alkanes) is 1. The zero-order valence-corrected chi connectivity index (χ0v) is 16.4. The van der Waals surface area contributed by atoms with Crippen molar-refractivity contribution in [3.8, 4) is 5.75 Å². The average molecular weight is 388 g/mol. The van der Waals surface area contributed by atoms with Gasteiger partial charge in [0.2, 0.25) is 10.0 Å². The molecule has 0 spiro atoms. The third kappa shape index (κ3) is 4.24. The smallest absolute Gasteiger partial charge is 0.255 e. The minimum atomic E-state index is -3.34. The Labute approximate surface area is 160 Å². The number of rotatable bonds is 7. The van der Waals surface area contributed by atoms with Crippen LogP contribution in [0.15, 0.2) is 42.5 Å². The van der Waals surface area contributed by atoms with Crippen LogP contribution in [-0.4, -0.2) is 33.7 Å². The molecule has 0 unspecified atom stereocenters. The Balaban J connectivity index is 1.81. The maximum atomic E-state index is 12.6. The number of anilines is 2. The first kappa shape index (κ1) is 19.2. The van der Waals surface area contributed by atoms with Crippen molar-refractivity contribution >= 4 is 27.3 Å². The van der Waals surface area contributed by atoms with E-state index in [-0.39, 0.29) is 11.7 Å². The molecule has 1 aliphatic heterocycles. The molecular weight excluding hydrogens is 364 g/mol. The standard InChI is InChI=1S/C20H24N2O4S/c1-3-4-12-27(24,25)22-11-10-15-8-9-17(14-19(15)22)21-20(23)16-6-5-7-18(13-16)26-2/h5-9,13-14H,3-4,10-12H2,1-2H3,(H,21,23). The highest BCUT2D eigenvalue weighted by Gasteiger charge is 2.29. The van der Waals surface area contributed by atoms with Crippen molar-refractivity contribution in [1.29, 1.82) is 0 Å². The number of hydrogen-bond donors (Lipinski definition) is 1. The zero-order chi connectivity index (χ0) is 19.4. The van der Waals surface area contributed by atoms with E-state index in [1.807, 2.05) is 13.0 Å². The Morgan fingerprint density at radius 2 is 2.04 bits per heavy atom. The molecule has 0 aromatic heterocycles. The molecule has 0 aliphatic carbocycles. The molecule has 1 N–H and O–H groups in total. The van der Waals surface area contributed by atoms with Crippen molar-refractivity contribution in [3.05, 3.63) is 53.6 Å². The van der Waals surface area contributed by atoms with Gasteiger partial charge >= 0.3 is 0 Å². The van der Waals surface area contributed by atoms with Crippen LogP contribution in [0.25, 0.3) is 0 Å². The second-order valence-corrected chi connectivity index (χ2v) is 8.53. The van der Waals surface area contributed by atoms with Gasteiger partial charge < -0.3 is 10.1 Å². The normalized spacial score (nSPS) is 13.3. The molecule has 3 rings (SSSR count). The maximum absolute atomic E-state index is 12.6. The Hall–Kier alpha value is -2.54. The van der Waals surface area contributed by atoms with Crippen molar-refractivity contribution in [3.63, 3.8) is 0 Å². The Bertz CT molecular complexity index is 941. The van der Waals surface area contributed by atoms with Crippen molar-refractivity contribution < 1.29 is 17.9 Å². The van der Waals surface area contributed by atoms with Crippen LogP contribution in [0, 0.1) is 0 Å². The molecule has 0 fully saturated rings. The largest absolute Gasteiger partial charge is 0.497 e. The van der Waals surface area contributed by atoms with Crippen LogP contribution in [0.3, 0.4) is 0 Å². The Morgan fingerprint density at radius 3 is 2.78 bits per heavy atom. The van der Waals surface area contributed by atoms with Crippen LogP contribution >= 0.6 is 0 Å². The third-order valence-corrected chi connectivity index (χ3v) is 6.48. The predicted molar refractivity (Wildman–Crippen MR) is 107 cm³/mol. The molecule has 0 atom stereocenters. The fraction of sp³-hybridized carbons (Fsp3) is 0.350. The number of nitrogens with zero attached hydrogens (tertiary/aromatic N) is 1. The predicted octanol–water partition coefficient (Wildman–Crippen LogP) is 3.44. The first-order valence-corrected chi connectivity index (χ1v) is 10.6. The molecule has 2 aromatic carbocycles. The summed E-state index contributed by atoms with van der Waals surface area (Å²) in [5.74, 6) is 0.473. The Morgan fingerprint density at radius 1 is 1.22 bits per heavy atom. The number of ether oxygens (including phenoxy) is 1. The van der Waals surface area contributed by atoms with Gasteiger partial charge in [0.25, 0.3) is 5.91 Å². The zero-order valence-electron chi connectivity index (χ0n) is 15.6. The summed E-state index contributed by atoms with van der Waals surface area (Å²) in [6.07, 6.45) is 2.15. The topological polar surface area (TPSA) is 75.7 Å². The number of fused-ring (bicyclic) bond motifs is 1. The highest BCUT2D eigenvalue weighted by atomic mass is 32.2. The molecule has 0 saturated heterocycles. The van der Waals surface area contributed by atoms with E-state index >= 15 is 0 Å². The highest BCUT2D eigenvalue weighted by Crippen LogP contribution is 2.33. The van der Waals surface area contributed by atoms with E-state index in [2.05, 4.69) is 5.32 Å². The van der Waals surface area contributed by atoms with E-state index in [0.717, 1.165) is 12.0 Å². The fourth-order valence-electron chi connectivity index (χ4n) is 3.12. The molecule has 0 saturated carbocycles. The molecule has 7 heteroatoms. The minimum absolute atomic E-state index is 0.142. The van der Waals surface area contributed by atoms with Crippen LogP contribution in [-0.2, 0) is 16.4 Å². The summed E-state index contributed by atoms with van der Waals surface area (Å²) in [5.41, 5.74) is 2.69. The van der Waals surface area contributed by atoms with E-state index in [9.17, 15) is 13.2 Å². The van der Waals surface area contributed by atoms with Crippen LogP contribution < -0.4 is 14.4 Å². The lowest BCUT2D eigenvalue weighted by atomic mass is 10.1. The minimum Gasteiger partial charge on any atom is -0.497 e. The number of sulfonamides is 1. The van der Waals surface area contributed by atoms with Gasteiger partial charge in [0, 0.05) is 17.8 Å². The van der Waals surface area contributed by atoms with Crippen molar-refractivity contribution in [1.82, 2.24) is 0 Å². The van der Waals surface area contributed by atoms with Gasteiger partial charge in [-0.25, -0.2) is 8.42 Å². The lowest BCUT2D eigenvalue weighted by molar-refractivity contribution is 0.102. The van der Waals surface area contributed by atoms with E-state index in [1.54, 1.807) is 43.5 Å². The molecule has 1 amide bonds. The summed E-state index contributed by atoms with van der Waals surface area (Å²) in [4.78, 5) is 12.5. The highest BCUT2D eigenvalue weighted by molar-refractivity contribution is 7.92.